The van der Waals surface area contributed by atoms with Crippen molar-refractivity contribution in [1.82, 2.24) is 0 Å². The van der Waals surface area contributed by atoms with Crippen molar-refractivity contribution >= 4 is 12.0 Å². The molecule has 0 radical (unpaired) electrons. The Morgan fingerprint density at radius 2 is 1.65 bits per heavy atom. The molecule has 2 heteroatoms. The average molecular weight is 271 g/mol. The lowest BCUT2D eigenvalue weighted by atomic mass is 9.92. The second-order valence-electron chi connectivity index (χ2n) is 6.22. The predicted octanol–water partition coefficient (Wildman–Crippen LogP) is 4.98. The van der Waals surface area contributed by atoms with Crippen LogP contribution in [-0.2, 0) is 4.79 Å². The van der Waals surface area contributed by atoms with E-state index < -0.39 is 0 Å². The highest BCUT2D eigenvalue weighted by Gasteiger charge is 2.18. The van der Waals surface area contributed by atoms with Gasteiger partial charge in [0.2, 0.25) is 0 Å². The SMILES string of the molecule is CC(C)c1cccc(C(C)C)c1NC1=C(C=O)CCC1. The zero-order chi connectivity index (χ0) is 14.7. The molecule has 0 saturated heterocycles. The van der Waals surface area contributed by atoms with Gasteiger partial charge >= 0.3 is 0 Å². The summed E-state index contributed by atoms with van der Waals surface area (Å²) in [5.41, 5.74) is 5.95. The molecule has 0 unspecified atom stereocenters. The van der Waals surface area contributed by atoms with E-state index in [4.69, 9.17) is 0 Å². The number of carbonyl (C=O) groups excluding carboxylic acids is 1. The number of hydrogen-bond donors (Lipinski definition) is 1. The third kappa shape index (κ3) is 2.95. The number of carbonyl (C=O) groups is 1. The molecule has 0 bridgehead atoms. The van der Waals surface area contributed by atoms with Gasteiger partial charge in [-0.05, 0) is 42.2 Å². The van der Waals surface area contributed by atoms with Crippen LogP contribution in [0.5, 0.6) is 0 Å². The smallest absolute Gasteiger partial charge is 0.147 e. The zero-order valence-corrected chi connectivity index (χ0v) is 13.0. The average Bonchev–Trinajstić information content (AvgIpc) is 2.85. The number of allylic oxidation sites excluding steroid dienone is 2. The lowest BCUT2D eigenvalue weighted by molar-refractivity contribution is -0.105. The first kappa shape index (κ1) is 14.8. The van der Waals surface area contributed by atoms with Gasteiger partial charge < -0.3 is 5.32 Å². The molecular weight excluding hydrogens is 246 g/mol. The fourth-order valence-electron chi connectivity index (χ4n) is 2.89. The van der Waals surface area contributed by atoms with Crippen LogP contribution < -0.4 is 5.32 Å². The maximum absolute atomic E-state index is 11.1. The van der Waals surface area contributed by atoms with Gasteiger partial charge in [-0.15, -0.1) is 0 Å². The Balaban J connectivity index is 2.46. The van der Waals surface area contributed by atoms with Gasteiger partial charge in [-0.25, -0.2) is 0 Å². The third-order valence-electron chi connectivity index (χ3n) is 4.05. The maximum Gasteiger partial charge on any atom is 0.147 e. The Morgan fingerprint density at radius 1 is 1.05 bits per heavy atom. The van der Waals surface area contributed by atoms with Crippen LogP contribution in [-0.4, -0.2) is 6.29 Å². The van der Waals surface area contributed by atoms with Crippen molar-refractivity contribution < 1.29 is 4.79 Å². The molecule has 2 nitrogen and oxygen atoms in total. The van der Waals surface area contributed by atoms with Crippen molar-refractivity contribution in [2.75, 3.05) is 5.32 Å². The first-order chi connectivity index (χ1) is 9.54. The Morgan fingerprint density at radius 3 is 2.15 bits per heavy atom. The molecule has 1 aliphatic rings. The van der Waals surface area contributed by atoms with Crippen LogP contribution in [0.4, 0.5) is 5.69 Å². The van der Waals surface area contributed by atoms with Crippen LogP contribution in [0.25, 0.3) is 0 Å². The molecule has 0 fully saturated rings. The summed E-state index contributed by atoms with van der Waals surface area (Å²) in [6, 6.07) is 6.52. The van der Waals surface area contributed by atoms with Gasteiger partial charge in [-0.1, -0.05) is 45.9 Å². The van der Waals surface area contributed by atoms with E-state index in [1.54, 1.807) is 0 Å². The molecule has 1 aromatic carbocycles. The second kappa shape index (κ2) is 6.25. The quantitative estimate of drug-likeness (QED) is 0.765. The predicted molar refractivity (Wildman–Crippen MR) is 85.2 cm³/mol. The summed E-state index contributed by atoms with van der Waals surface area (Å²) >= 11 is 0. The van der Waals surface area contributed by atoms with Gasteiger partial charge in [0.05, 0.1) is 0 Å². The molecule has 0 saturated carbocycles. The molecule has 108 valence electrons. The van der Waals surface area contributed by atoms with Crippen LogP contribution in [0.2, 0.25) is 0 Å². The lowest BCUT2D eigenvalue weighted by Crippen LogP contribution is -2.08. The molecule has 0 aliphatic heterocycles. The molecule has 0 heterocycles. The van der Waals surface area contributed by atoms with Gasteiger partial charge in [0.15, 0.2) is 0 Å². The van der Waals surface area contributed by atoms with Crippen LogP contribution in [0.1, 0.15) is 69.9 Å². The molecule has 1 aromatic rings. The van der Waals surface area contributed by atoms with E-state index in [1.807, 2.05) is 0 Å². The fourth-order valence-corrected chi connectivity index (χ4v) is 2.89. The summed E-state index contributed by atoms with van der Waals surface area (Å²) < 4.78 is 0. The topological polar surface area (TPSA) is 29.1 Å². The largest absolute Gasteiger partial charge is 0.358 e. The standard InChI is InChI=1S/C18H25NO/c1-12(2)15-8-6-9-16(13(3)4)18(15)19-17-10-5-7-14(17)11-20/h6,8-9,11-13,19H,5,7,10H2,1-4H3. The Hall–Kier alpha value is -1.57. The van der Waals surface area contributed by atoms with E-state index in [1.165, 1.54) is 16.8 Å². The maximum atomic E-state index is 11.1. The van der Waals surface area contributed by atoms with Crippen LogP contribution in [0, 0.1) is 0 Å². The Kier molecular flexibility index (Phi) is 4.64. The van der Waals surface area contributed by atoms with E-state index in [2.05, 4.69) is 51.2 Å². The number of nitrogens with one attached hydrogen (secondary N) is 1. The minimum Gasteiger partial charge on any atom is -0.358 e. The van der Waals surface area contributed by atoms with Gasteiger partial charge in [-0.3, -0.25) is 4.79 Å². The van der Waals surface area contributed by atoms with Crippen LogP contribution >= 0.6 is 0 Å². The number of anilines is 1. The van der Waals surface area contributed by atoms with Crippen molar-refractivity contribution in [3.8, 4) is 0 Å². The zero-order valence-electron chi connectivity index (χ0n) is 13.0. The highest BCUT2D eigenvalue weighted by atomic mass is 16.1. The first-order valence-electron chi connectivity index (χ1n) is 7.61. The van der Waals surface area contributed by atoms with Gasteiger partial charge in [0, 0.05) is 17.0 Å². The number of benzene rings is 1. The van der Waals surface area contributed by atoms with Gasteiger partial charge in [0.25, 0.3) is 0 Å². The number of hydrogen-bond acceptors (Lipinski definition) is 2. The summed E-state index contributed by atoms with van der Waals surface area (Å²) in [5.74, 6) is 0.941. The molecule has 20 heavy (non-hydrogen) atoms. The molecule has 2 rings (SSSR count). The van der Waals surface area contributed by atoms with Crippen LogP contribution in [0.3, 0.4) is 0 Å². The first-order valence-corrected chi connectivity index (χ1v) is 7.61. The van der Waals surface area contributed by atoms with E-state index >= 15 is 0 Å². The molecule has 0 aromatic heterocycles. The molecular formula is C18H25NO. The third-order valence-corrected chi connectivity index (χ3v) is 4.05. The number of aldehydes is 1. The Bertz CT molecular complexity index is 500. The van der Waals surface area contributed by atoms with Crippen LogP contribution in [0.15, 0.2) is 29.5 Å². The molecule has 0 atom stereocenters. The van der Waals surface area contributed by atoms with E-state index in [0.717, 1.165) is 36.8 Å². The minimum atomic E-state index is 0.470. The highest BCUT2D eigenvalue weighted by molar-refractivity contribution is 5.77. The number of rotatable bonds is 5. The summed E-state index contributed by atoms with van der Waals surface area (Å²) in [6.07, 6.45) is 3.99. The summed E-state index contributed by atoms with van der Waals surface area (Å²) in [5, 5.41) is 3.59. The molecule has 0 amide bonds. The Labute approximate surface area is 122 Å². The van der Waals surface area contributed by atoms with Crippen molar-refractivity contribution in [3.63, 3.8) is 0 Å². The van der Waals surface area contributed by atoms with E-state index in [-0.39, 0.29) is 0 Å². The van der Waals surface area contributed by atoms with Crippen molar-refractivity contribution in [3.05, 3.63) is 40.6 Å². The van der Waals surface area contributed by atoms with Crippen molar-refractivity contribution in [2.45, 2.75) is 58.8 Å². The normalized spacial score (nSPS) is 15.3. The monoisotopic (exact) mass is 271 g/mol. The van der Waals surface area contributed by atoms with Crippen molar-refractivity contribution in [1.29, 1.82) is 0 Å². The van der Waals surface area contributed by atoms with E-state index in [9.17, 15) is 4.79 Å². The summed E-state index contributed by atoms with van der Waals surface area (Å²) in [7, 11) is 0. The summed E-state index contributed by atoms with van der Waals surface area (Å²) in [4.78, 5) is 11.1. The fraction of sp³-hybridized carbons (Fsp3) is 0.500. The molecule has 1 N–H and O–H groups in total. The molecule has 0 spiro atoms. The number of para-hydroxylation sites is 1. The minimum absolute atomic E-state index is 0.470. The second-order valence-corrected chi connectivity index (χ2v) is 6.22. The summed E-state index contributed by atoms with van der Waals surface area (Å²) in [6.45, 7) is 8.87. The molecule has 1 aliphatic carbocycles. The van der Waals surface area contributed by atoms with Gasteiger partial charge in [-0.2, -0.15) is 0 Å². The highest BCUT2D eigenvalue weighted by Crippen LogP contribution is 2.35. The van der Waals surface area contributed by atoms with Gasteiger partial charge in [0.1, 0.15) is 6.29 Å². The van der Waals surface area contributed by atoms with E-state index in [0.29, 0.717) is 11.8 Å². The lowest BCUT2D eigenvalue weighted by Gasteiger charge is -2.21. The van der Waals surface area contributed by atoms with Crippen molar-refractivity contribution in [2.24, 2.45) is 0 Å².